The summed E-state index contributed by atoms with van der Waals surface area (Å²) in [5, 5.41) is 10.7. The Labute approximate surface area is 209 Å². The highest BCUT2D eigenvalue weighted by molar-refractivity contribution is 6.14. The summed E-state index contributed by atoms with van der Waals surface area (Å²) in [5.74, 6) is 0.0239. The first-order valence-electron chi connectivity index (χ1n) is 11.8. The predicted octanol–water partition coefficient (Wildman–Crippen LogP) is 4.15. The largest absolute Gasteiger partial charge is 0.494 e. The molecule has 0 fully saturated rings. The van der Waals surface area contributed by atoms with Crippen LogP contribution in [0.15, 0.2) is 60.8 Å². The minimum atomic E-state index is -0.385. The summed E-state index contributed by atoms with van der Waals surface area (Å²) in [4.78, 5) is 31.0. The van der Waals surface area contributed by atoms with Crippen molar-refractivity contribution in [2.45, 2.75) is 20.4 Å². The molecule has 0 spiro atoms. The van der Waals surface area contributed by atoms with Crippen molar-refractivity contribution in [2.75, 3.05) is 32.2 Å². The van der Waals surface area contributed by atoms with Gasteiger partial charge in [0.2, 0.25) is 0 Å². The Morgan fingerprint density at radius 2 is 1.81 bits per heavy atom. The summed E-state index contributed by atoms with van der Waals surface area (Å²) in [6, 6.07) is 16.8. The number of hydrogen-bond donors (Lipinski definition) is 2. The second kappa shape index (κ2) is 11.5. The van der Waals surface area contributed by atoms with Crippen LogP contribution >= 0.6 is 0 Å². The number of amides is 2. The molecule has 0 atom stereocenters. The van der Waals surface area contributed by atoms with E-state index in [9.17, 15) is 9.59 Å². The molecule has 0 radical (unpaired) electrons. The molecule has 4 aromatic rings. The molecule has 0 aliphatic heterocycles. The molecule has 2 heterocycles. The molecule has 0 saturated heterocycles. The molecule has 0 bridgehead atoms. The zero-order valence-electron chi connectivity index (χ0n) is 20.6. The van der Waals surface area contributed by atoms with Crippen LogP contribution in [0.3, 0.4) is 0 Å². The van der Waals surface area contributed by atoms with E-state index in [1.54, 1.807) is 24.1 Å². The minimum absolute atomic E-state index is 0.145. The molecule has 9 nitrogen and oxygen atoms in total. The summed E-state index contributed by atoms with van der Waals surface area (Å²) >= 11 is 0. The van der Waals surface area contributed by atoms with Crippen molar-refractivity contribution < 1.29 is 19.1 Å². The Hall–Kier alpha value is -4.24. The number of carbonyl (C=O) groups is 2. The van der Waals surface area contributed by atoms with Crippen molar-refractivity contribution in [1.82, 2.24) is 20.1 Å². The van der Waals surface area contributed by atoms with Gasteiger partial charge >= 0.3 is 0 Å². The maximum absolute atomic E-state index is 13.5. The second-order valence-corrected chi connectivity index (χ2v) is 7.98. The Morgan fingerprint density at radius 3 is 2.53 bits per heavy atom. The van der Waals surface area contributed by atoms with Gasteiger partial charge in [-0.25, -0.2) is 4.98 Å². The Balaban J connectivity index is 1.68. The monoisotopic (exact) mass is 487 g/mol. The lowest BCUT2D eigenvalue weighted by Gasteiger charge is -2.11. The molecule has 0 aliphatic carbocycles. The normalized spacial score (nSPS) is 10.9. The molecular formula is C27H29N5O4. The number of aromatic nitrogens is 3. The topological polar surface area (TPSA) is 107 Å². The van der Waals surface area contributed by atoms with Crippen LogP contribution in [0.5, 0.6) is 5.75 Å². The maximum atomic E-state index is 13.5. The smallest absolute Gasteiger partial charge is 0.274 e. The third kappa shape index (κ3) is 5.52. The first kappa shape index (κ1) is 24.9. The van der Waals surface area contributed by atoms with Crippen LogP contribution in [0.1, 0.15) is 34.7 Å². The molecule has 186 valence electrons. The average molecular weight is 488 g/mol. The molecule has 2 aromatic carbocycles. The predicted molar refractivity (Wildman–Crippen MR) is 138 cm³/mol. The van der Waals surface area contributed by atoms with E-state index in [4.69, 9.17) is 14.5 Å². The van der Waals surface area contributed by atoms with Crippen molar-refractivity contribution in [1.29, 1.82) is 0 Å². The van der Waals surface area contributed by atoms with Crippen molar-refractivity contribution in [2.24, 2.45) is 0 Å². The number of nitrogens with one attached hydrogen (secondary N) is 2. The minimum Gasteiger partial charge on any atom is -0.494 e. The number of para-hydroxylation sites is 1. The number of rotatable bonds is 10. The van der Waals surface area contributed by atoms with Gasteiger partial charge in [-0.1, -0.05) is 18.2 Å². The van der Waals surface area contributed by atoms with E-state index in [0.29, 0.717) is 54.2 Å². The maximum Gasteiger partial charge on any atom is 0.274 e. The molecule has 2 N–H and O–H groups in total. The standard InChI is InChI=1S/C27H29N5O4/c1-4-32-17-24(25(31-32)27(34)28-14-15-35-3)30-26(33)21-16-23(29-22-9-7-6-8-20(21)22)18-10-12-19(13-11-18)36-5-2/h6-13,16-17H,4-5,14-15H2,1-3H3,(H,28,34)(H,30,33). The van der Waals surface area contributed by atoms with Crippen LogP contribution in [-0.4, -0.2) is 53.4 Å². The summed E-state index contributed by atoms with van der Waals surface area (Å²) in [7, 11) is 1.56. The van der Waals surface area contributed by atoms with Crippen LogP contribution < -0.4 is 15.4 Å². The van der Waals surface area contributed by atoms with E-state index >= 15 is 0 Å². The van der Waals surface area contributed by atoms with Gasteiger partial charge in [0.25, 0.3) is 11.8 Å². The second-order valence-electron chi connectivity index (χ2n) is 7.98. The van der Waals surface area contributed by atoms with Crippen LogP contribution in [0.4, 0.5) is 5.69 Å². The Kier molecular flexibility index (Phi) is 7.92. The van der Waals surface area contributed by atoms with Gasteiger partial charge in [0.1, 0.15) is 5.75 Å². The van der Waals surface area contributed by atoms with Gasteiger partial charge in [0, 0.05) is 37.3 Å². The quantitative estimate of drug-likeness (QED) is 0.326. The Bertz CT molecular complexity index is 1360. The van der Waals surface area contributed by atoms with E-state index in [-0.39, 0.29) is 17.5 Å². The van der Waals surface area contributed by atoms with Crippen LogP contribution in [0, 0.1) is 0 Å². The summed E-state index contributed by atoms with van der Waals surface area (Å²) in [6.07, 6.45) is 1.65. The number of carbonyl (C=O) groups excluding carboxylic acids is 2. The van der Waals surface area contributed by atoms with E-state index < -0.39 is 0 Å². The number of ether oxygens (including phenoxy) is 2. The fraction of sp³-hybridized carbons (Fsp3) is 0.259. The molecule has 0 aliphatic rings. The molecule has 0 unspecified atom stereocenters. The molecule has 2 amide bonds. The van der Waals surface area contributed by atoms with E-state index in [1.807, 2.05) is 62.4 Å². The third-order valence-electron chi connectivity index (χ3n) is 5.56. The van der Waals surface area contributed by atoms with Gasteiger partial charge in [-0.05, 0) is 50.2 Å². The van der Waals surface area contributed by atoms with E-state index in [2.05, 4.69) is 15.7 Å². The van der Waals surface area contributed by atoms with Gasteiger partial charge in [-0.3, -0.25) is 14.3 Å². The average Bonchev–Trinajstić information content (AvgIpc) is 3.31. The lowest BCUT2D eigenvalue weighted by Crippen LogP contribution is -2.28. The van der Waals surface area contributed by atoms with Crippen LogP contribution in [0.25, 0.3) is 22.2 Å². The Morgan fingerprint density at radius 1 is 1.03 bits per heavy atom. The van der Waals surface area contributed by atoms with Crippen molar-refractivity contribution in [3.8, 4) is 17.0 Å². The van der Waals surface area contributed by atoms with Crippen molar-refractivity contribution in [3.05, 3.63) is 72.1 Å². The van der Waals surface area contributed by atoms with Crippen LogP contribution in [0.2, 0.25) is 0 Å². The number of aryl methyl sites for hydroxylation is 1. The van der Waals surface area contributed by atoms with Crippen molar-refractivity contribution >= 4 is 28.4 Å². The summed E-state index contributed by atoms with van der Waals surface area (Å²) < 4.78 is 12.1. The fourth-order valence-corrected chi connectivity index (χ4v) is 3.78. The highest BCUT2D eigenvalue weighted by Gasteiger charge is 2.21. The van der Waals surface area contributed by atoms with Gasteiger partial charge in [0.15, 0.2) is 5.69 Å². The zero-order chi connectivity index (χ0) is 25.5. The van der Waals surface area contributed by atoms with Gasteiger partial charge in [-0.15, -0.1) is 0 Å². The number of fused-ring (bicyclic) bond motifs is 1. The zero-order valence-corrected chi connectivity index (χ0v) is 20.6. The molecule has 0 saturated carbocycles. The number of methoxy groups -OCH3 is 1. The fourth-order valence-electron chi connectivity index (χ4n) is 3.78. The van der Waals surface area contributed by atoms with Gasteiger partial charge in [0.05, 0.1) is 35.7 Å². The highest BCUT2D eigenvalue weighted by atomic mass is 16.5. The number of anilines is 1. The molecule has 9 heteroatoms. The number of hydrogen-bond acceptors (Lipinski definition) is 6. The SMILES string of the molecule is CCOc1ccc(-c2cc(C(=O)Nc3cn(CC)nc3C(=O)NCCOC)c3ccccc3n2)cc1. The van der Waals surface area contributed by atoms with E-state index in [0.717, 1.165) is 11.3 Å². The number of pyridine rings is 1. The lowest BCUT2D eigenvalue weighted by atomic mass is 10.0. The molecular weight excluding hydrogens is 458 g/mol. The van der Waals surface area contributed by atoms with Crippen molar-refractivity contribution in [3.63, 3.8) is 0 Å². The number of nitrogens with zero attached hydrogens (tertiary/aromatic N) is 3. The summed E-state index contributed by atoms with van der Waals surface area (Å²) in [6.45, 7) is 5.68. The first-order valence-corrected chi connectivity index (χ1v) is 11.8. The molecule has 36 heavy (non-hydrogen) atoms. The molecule has 4 rings (SSSR count). The number of benzene rings is 2. The third-order valence-corrected chi connectivity index (χ3v) is 5.56. The summed E-state index contributed by atoms with van der Waals surface area (Å²) in [5.41, 5.74) is 3.13. The highest BCUT2D eigenvalue weighted by Crippen LogP contribution is 2.27. The van der Waals surface area contributed by atoms with Gasteiger partial charge < -0.3 is 20.1 Å². The molecule has 2 aromatic heterocycles. The van der Waals surface area contributed by atoms with Crippen LogP contribution in [-0.2, 0) is 11.3 Å². The van der Waals surface area contributed by atoms with E-state index in [1.165, 1.54) is 0 Å². The van der Waals surface area contributed by atoms with Gasteiger partial charge in [-0.2, -0.15) is 5.10 Å². The lowest BCUT2D eigenvalue weighted by molar-refractivity contribution is 0.0932. The first-order chi connectivity index (χ1) is 17.5.